The molecule has 0 heterocycles. The van der Waals surface area contributed by atoms with E-state index in [0.717, 1.165) is 18.6 Å². The number of hydrogen-bond donors (Lipinski definition) is 1. The molecular weight excluding hydrogens is 244 g/mol. The molecule has 3 unspecified atom stereocenters. The summed E-state index contributed by atoms with van der Waals surface area (Å²) in [6, 6.07) is 3.18. The van der Waals surface area contributed by atoms with E-state index >= 15 is 0 Å². The van der Waals surface area contributed by atoms with Crippen molar-refractivity contribution in [3.8, 4) is 0 Å². The molecule has 96 valence electrons. The first-order valence-corrected chi connectivity index (χ1v) is 6.75. The molecule has 0 aliphatic carbocycles. The Labute approximate surface area is 103 Å². The van der Waals surface area contributed by atoms with Crippen LogP contribution >= 0.6 is 0 Å². The largest absolute Gasteiger partial charge is 0.316 e. The SMILES string of the molecule is CCC(NC)C(C)S(=O)c1ccc(F)cc1F. The Morgan fingerprint density at radius 1 is 1.41 bits per heavy atom. The van der Waals surface area contributed by atoms with Crippen LogP contribution in [-0.2, 0) is 10.8 Å². The molecule has 1 aromatic rings. The summed E-state index contributed by atoms with van der Waals surface area (Å²) in [5, 5.41) is 2.81. The Kier molecular flexibility index (Phi) is 5.21. The summed E-state index contributed by atoms with van der Waals surface area (Å²) in [6.07, 6.45) is 0.798. The first-order valence-electron chi connectivity index (χ1n) is 5.54. The van der Waals surface area contributed by atoms with Crippen molar-refractivity contribution in [3.63, 3.8) is 0 Å². The van der Waals surface area contributed by atoms with Crippen LogP contribution < -0.4 is 5.32 Å². The molecule has 17 heavy (non-hydrogen) atoms. The average molecular weight is 261 g/mol. The van der Waals surface area contributed by atoms with E-state index in [9.17, 15) is 13.0 Å². The topological polar surface area (TPSA) is 29.1 Å². The van der Waals surface area contributed by atoms with Crippen molar-refractivity contribution in [2.75, 3.05) is 7.05 Å². The van der Waals surface area contributed by atoms with Gasteiger partial charge in [-0.3, -0.25) is 4.21 Å². The summed E-state index contributed by atoms with van der Waals surface area (Å²) in [5.74, 6) is -1.40. The second kappa shape index (κ2) is 6.21. The van der Waals surface area contributed by atoms with Crippen LogP contribution in [0, 0.1) is 11.6 Å². The Morgan fingerprint density at radius 2 is 2.06 bits per heavy atom. The van der Waals surface area contributed by atoms with Crippen molar-refractivity contribution in [2.45, 2.75) is 36.5 Å². The molecule has 0 saturated carbocycles. The fourth-order valence-electron chi connectivity index (χ4n) is 1.76. The highest BCUT2D eigenvalue weighted by molar-refractivity contribution is 7.85. The quantitative estimate of drug-likeness (QED) is 0.882. The Balaban J connectivity index is 2.96. The molecule has 0 saturated heterocycles. The van der Waals surface area contributed by atoms with Gasteiger partial charge in [-0.15, -0.1) is 0 Å². The molecule has 0 amide bonds. The van der Waals surface area contributed by atoms with Crippen LogP contribution in [-0.4, -0.2) is 22.5 Å². The van der Waals surface area contributed by atoms with Crippen LogP contribution in [0.3, 0.4) is 0 Å². The van der Waals surface area contributed by atoms with Crippen molar-refractivity contribution in [2.24, 2.45) is 0 Å². The van der Waals surface area contributed by atoms with Crippen molar-refractivity contribution >= 4 is 10.8 Å². The Hall–Kier alpha value is -0.810. The van der Waals surface area contributed by atoms with Gasteiger partial charge in [0, 0.05) is 12.1 Å². The molecule has 5 heteroatoms. The minimum absolute atomic E-state index is 0.0419. The van der Waals surface area contributed by atoms with Gasteiger partial charge in [0.25, 0.3) is 0 Å². The van der Waals surface area contributed by atoms with Crippen LogP contribution in [0.25, 0.3) is 0 Å². The van der Waals surface area contributed by atoms with Crippen molar-refractivity contribution < 1.29 is 13.0 Å². The second-order valence-electron chi connectivity index (χ2n) is 3.88. The van der Waals surface area contributed by atoms with Gasteiger partial charge < -0.3 is 5.32 Å². The molecule has 0 fully saturated rings. The maximum atomic E-state index is 13.5. The smallest absolute Gasteiger partial charge is 0.142 e. The Bertz CT molecular complexity index is 407. The third kappa shape index (κ3) is 3.33. The minimum Gasteiger partial charge on any atom is -0.316 e. The number of halogens is 2. The van der Waals surface area contributed by atoms with Gasteiger partial charge in [-0.2, -0.15) is 0 Å². The second-order valence-corrected chi connectivity index (χ2v) is 5.66. The summed E-state index contributed by atoms with van der Waals surface area (Å²) in [4.78, 5) is 0.0626. The number of nitrogens with one attached hydrogen (secondary N) is 1. The lowest BCUT2D eigenvalue weighted by Crippen LogP contribution is -2.38. The fraction of sp³-hybridized carbons (Fsp3) is 0.500. The highest BCUT2D eigenvalue weighted by atomic mass is 32.2. The third-order valence-corrected chi connectivity index (χ3v) is 4.59. The van der Waals surface area contributed by atoms with Crippen LogP contribution in [0.5, 0.6) is 0 Å². The van der Waals surface area contributed by atoms with E-state index in [0.29, 0.717) is 0 Å². The highest BCUT2D eigenvalue weighted by Gasteiger charge is 2.23. The fourth-order valence-corrected chi connectivity index (χ4v) is 3.24. The molecular formula is C12H17F2NOS. The third-order valence-electron chi connectivity index (χ3n) is 2.83. The molecule has 2 nitrogen and oxygen atoms in total. The molecule has 0 spiro atoms. The van der Waals surface area contributed by atoms with Crippen molar-refractivity contribution in [3.05, 3.63) is 29.8 Å². The van der Waals surface area contributed by atoms with E-state index in [4.69, 9.17) is 0 Å². The van der Waals surface area contributed by atoms with Gasteiger partial charge in [0.2, 0.25) is 0 Å². The number of benzene rings is 1. The van der Waals surface area contributed by atoms with Crippen LogP contribution in [0.4, 0.5) is 8.78 Å². The van der Waals surface area contributed by atoms with Crippen LogP contribution in [0.15, 0.2) is 23.1 Å². The molecule has 0 aromatic heterocycles. The summed E-state index contributed by atoms with van der Waals surface area (Å²) >= 11 is 0. The molecule has 0 aliphatic rings. The monoisotopic (exact) mass is 261 g/mol. The molecule has 0 bridgehead atoms. The summed E-state index contributed by atoms with van der Waals surface area (Å²) in [7, 11) is 0.299. The van der Waals surface area contributed by atoms with Crippen molar-refractivity contribution in [1.82, 2.24) is 5.32 Å². The van der Waals surface area contributed by atoms with Gasteiger partial charge in [-0.25, -0.2) is 8.78 Å². The number of rotatable bonds is 5. The van der Waals surface area contributed by atoms with Gasteiger partial charge in [-0.1, -0.05) is 6.92 Å². The number of hydrogen-bond acceptors (Lipinski definition) is 2. The molecule has 0 aliphatic heterocycles. The van der Waals surface area contributed by atoms with E-state index in [1.54, 1.807) is 14.0 Å². The highest BCUT2D eigenvalue weighted by Crippen LogP contribution is 2.19. The van der Waals surface area contributed by atoms with E-state index < -0.39 is 22.4 Å². The standard InChI is InChI=1S/C12H17F2NOS/c1-4-11(15-3)8(2)17(16)12-6-5-9(13)7-10(12)14/h5-8,11,15H,4H2,1-3H3. The maximum absolute atomic E-state index is 13.5. The Morgan fingerprint density at radius 3 is 2.53 bits per heavy atom. The van der Waals surface area contributed by atoms with E-state index in [1.807, 2.05) is 6.92 Å². The van der Waals surface area contributed by atoms with E-state index in [2.05, 4.69) is 5.32 Å². The van der Waals surface area contributed by atoms with Crippen LogP contribution in [0.1, 0.15) is 20.3 Å². The molecule has 0 radical (unpaired) electrons. The van der Waals surface area contributed by atoms with Crippen molar-refractivity contribution in [1.29, 1.82) is 0 Å². The lowest BCUT2D eigenvalue weighted by atomic mass is 10.2. The molecule has 3 atom stereocenters. The zero-order chi connectivity index (χ0) is 13.0. The van der Waals surface area contributed by atoms with E-state index in [1.165, 1.54) is 6.07 Å². The van der Waals surface area contributed by atoms with Crippen LogP contribution in [0.2, 0.25) is 0 Å². The lowest BCUT2D eigenvalue weighted by Gasteiger charge is -2.21. The summed E-state index contributed by atoms with van der Waals surface area (Å²) in [5.41, 5.74) is 0. The predicted octanol–water partition coefficient (Wildman–Crippen LogP) is 2.46. The lowest BCUT2D eigenvalue weighted by molar-refractivity contribution is 0.524. The maximum Gasteiger partial charge on any atom is 0.142 e. The molecule has 1 N–H and O–H groups in total. The van der Waals surface area contributed by atoms with Gasteiger partial charge >= 0.3 is 0 Å². The zero-order valence-electron chi connectivity index (χ0n) is 10.2. The summed E-state index contributed by atoms with van der Waals surface area (Å²) in [6.45, 7) is 3.76. The zero-order valence-corrected chi connectivity index (χ0v) is 11.0. The normalized spacial score (nSPS) is 16.5. The van der Waals surface area contributed by atoms with E-state index in [-0.39, 0.29) is 16.2 Å². The van der Waals surface area contributed by atoms with Gasteiger partial charge in [0.05, 0.1) is 20.9 Å². The first kappa shape index (κ1) is 14.3. The summed E-state index contributed by atoms with van der Waals surface area (Å²) < 4.78 is 38.4. The molecule has 1 aromatic carbocycles. The predicted molar refractivity (Wildman–Crippen MR) is 65.4 cm³/mol. The van der Waals surface area contributed by atoms with Gasteiger partial charge in [-0.05, 0) is 32.5 Å². The first-order chi connectivity index (χ1) is 8.01. The van der Waals surface area contributed by atoms with Gasteiger partial charge in [0.15, 0.2) is 0 Å². The minimum atomic E-state index is -1.48. The average Bonchev–Trinajstić information content (AvgIpc) is 2.29. The van der Waals surface area contributed by atoms with Gasteiger partial charge in [0.1, 0.15) is 11.6 Å². The molecule has 1 rings (SSSR count).